The molecule has 1 aromatic rings. The molecule has 3 N–H and O–H groups in total. The first-order chi connectivity index (χ1) is 9.20. The van der Waals surface area contributed by atoms with Crippen LogP contribution in [0.2, 0.25) is 0 Å². The van der Waals surface area contributed by atoms with Crippen molar-refractivity contribution < 1.29 is 22.0 Å². The molecule has 0 radical (unpaired) electrons. The molecule has 1 atom stereocenters. The number of sulfonamides is 1. The van der Waals surface area contributed by atoms with Gasteiger partial charge in [0.2, 0.25) is 10.0 Å². The van der Waals surface area contributed by atoms with E-state index in [0.29, 0.717) is 18.1 Å². The summed E-state index contributed by atoms with van der Waals surface area (Å²) in [4.78, 5) is 10.9. The van der Waals surface area contributed by atoms with E-state index in [4.69, 9.17) is 5.14 Å². The number of halogens is 2. The summed E-state index contributed by atoms with van der Waals surface area (Å²) in [6.07, 6.45) is 1.94. The number of amides is 1. The number of carbonyl (C=O) groups is 1. The van der Waals surface area contributed by atoms with Crippen LogP contribution in [-0.2, 0) is 10.0 Å². The summed E-state index contributed by atoms with van der Waals surface area (Å²) in [7, 11) is -4.44. The lowest BCUT2D eigenvalue weighted by molar-refractivity contribution is 0.0930. The number of primary sulfonamides is 1. The van der Waals surface area contributed by atoms with Gasteiger partial charge in [0, 0.05) is 6.04 Å². The van der Waals surface area contributed by atoms with Crippen LogP contribution >= 0.6 is 0 Å². The minimum Gasteiger partial charge on any atom is -0.349 e. The summed E-state index contributed by atoms with van der Waals surface area (Å²) in [6.45, 7) is 1.76. The van der Waals surface area contributed by atoms with E-state index in [9.17, 15) is 22.0 Å². The fourth-order valence-corrected chi connectivity index (χ4v) is 2.57. The molecule has 8 heteroatoms. The third-order valence-corrected chi connectivity index (χ3v) is 4.15. The fourth-order valence-electron chi connectivity index (χ4n) is 1.94. The fraction of sp³-hybridized carbons (Fsp3) is 0.417. The Bertz CT molecular complexity index is 657. The highest BCUT2D eigenvalue weighted by molar-refractivity contribution is 7.89. The van der Waals surface area contributed by atoms with Gasteiger partial charge in [-0.1, -0.05) is 0 Å². The Hall–Kier alpha value is -1.54. The van der Waals surface area contributed by atoms with Gasteiger partial charge in [-0.2, -0.15) is 0 Å². The lowest BCUT2D eigenvalue weighted by Crippen LogP contribution is -2.35. The largest absolute Gasteiger partial charge is 0.349 e. The molecule has 20 heavy (non-hydrogen) atoms. The summed E-state index contributed by atoms with van der Waals surface area (Å²) < 4.78 is 49.6. The molecule has 1 unspecified atom stereocenters. The van der Waals surface area contributed by atoms with Crippen molar-refractivity contribution in [1.82, 2.24) is 5.32 Å². The van der Waals surface area contributed by atoms with Crippen molar-refractivity contribution >= 4 is 15.9 Å². The Morgan fingerprint density at radius 1 is 1.40 bits per heavy atom. The van der Waals surface area contributed by atoms with Crippen molar-refractivity contribution in [1.29, 1.82) is 0 Å². The van der Waals surface area contributed by atoms with Gasteiger partial charge in [-0.15, -0.1) is 0 Å². The SMILES string of the molecule is CC(NC(=O)c1cc(F)cc(S(N)(=O)=O)c1F)C1CC1. The Morgan fingerprint density at radius 3 is 2.50 bits per heavy atom. The van der Waals surface area contributed by atoms with E-state index in [0.717, 1.165) is 12.8 Å². The maximum Gasteiger partial charge on any atom is 0.254 e. The van der Waals surface area contributed by atoms with Gasteiger partial charge in [0.05, 0.1) is 5.56 Å². The van der Waals surface area contributed by atoms with Crippen LogP contribution in [0, 0.1) is 17.6 Å². The van der Waals surface area contributed by atoms with Crippen molar-refractivity contribution in [3.8, 4) is 0 Å². The van der Waals surface area contributed by atoms with Crippen molar-refractivity contribution in [2.45, 2.75) is 30.7 Å². The van der Waals surface area contributed by atoms with Crippen LogP contribution in [0.15, 0.2) is 17.0 Å². The smallest absolute Gasteiger partial charge is 0.254 e. The van der Waals surface area contributed by atoms with Gasteiger partial charge in [0.15, 0.2) is 5.82 Å². The second-order valence-electron chi connectivity index (χ2n) is 4.91. The molecule has 1 aliphatic rings. The standard InChI is InChI=1S/C12H14F2N2O3S/c1-6(7-2-3-7)16-12(17)9-4-8(13)5-10(11(9)14)20(15,18)19/h4-7H,2-3H2,1H3,(H,16,17)(H2,15,18,19). The molecule has 1 aromatic carbocycles. The Kier molecular flexibility index (Phi) is 3.79. The zero-order valence-corrected chi connectivity index (χ0v) is 11.5. The number of rotatable bonds is 4. The van der Waals surface area contributed by atoms with Crippen LogP contribution in [0.5, 0.6) is 0 Å². The number of nitrogens with one attached hydrogen (secondary N) is 1. The van der Waals surface area contributed by atoms with Gasteiger partial charge in [-0.05, 0) is 37.8 Å². The molecule has 1 saturated carbocycles. The maximum absolute atomic E-state index is 14.0. The third kappa shape index (κ3) is 3.13. The van der Waals surface area contributed by atoms with Crippen LogP contribution in [-0.4, -0.2) is 20.4 Å². The molecule has 2 rings (SSSR count). The number of nitrogens with two attached hydrogens (primary N) is 1. The van der Waals surface area contributed by atoms with Gasteiger partial charge >= 0.3 is 0 Å². The van der Waals surface area contributed by atoms with Crippen molar-refractivity contribution in [3.63, 3.8) is 0 Å². The summed E-state index contributed by atoms with van der Waals surface area (Å²) in [5.74, 6) is -2.91. The lowest BCUT2D eigenvalue weighted by Gasteiger charge is -2.14. The van der Waals surface area contributed by atoms with E-state index < -0.39 is 38.0 Å². The summed E-state index contributed by atoms with van der Waals surface area (Å²) in [5, 5.41) is 7.31. The predicted molar refractivity (Wildman–Crippen MR) is 67.4 cm³/mol. The molecule has 0 bridgehead atoms. The van der Waals surface area contributed by atoms with Gasteiger partial charge in [-0.25, -0.2) is 22.3 Å². The lowest BCUT2D eigenvalue weighted by atomic mass is 10.1. The van der Waals surface area contributed by atoms with Crippen molar-refractivity contribution in [2.75, 3.05) is 0 Å². The normalized spacial score (nSPS) is 16.8. The second-order valence-corrected chi connectivity index (χ2v) is 6.44. The highest BCUT2D eigenvalue weighted by atomic mass is 32.2. The molecule has 110 valence electrons. The second kappa shape index (κ2) is 5.10. The number of benzene rings is 1. The van der Waals surface area contributed by atoms with E-state index in [-0.39, 0.29) is 6.04 Å². The monoisotopic (exact) mass is 304 g/mol. The molecule has 0 heterocycles. The van der Waals surface area contributed by atoms with Crippen molar-refractivity contribution in [2.24, 2.45) is 11.1 Å². The van der Waals surface area contributed by atoms with Gasteiger partial charge < -0.3 is 5.32 Å². The maximum atomic E-state index is 14.0. The molecule has 1 aliphatic carbocycles. The van der Waals surface area contributed by atoms with E-state index >= 15 is 0 Å². The van der Waals surface area contributed by atoms with Crippen molar-refractivity contribution in [3.05, 3.63) is 29.3 Å². The van der Waals surface area contributed by atoms with Crippen LogP contribution in [0.25, 0.3) is 0 Å². The molecular weight excluding hydrogens is 290 g/mol. The highest BCUT2D eigenvalue weighted by Gasteiger charge is 2.30. The quantitative estimate of drug-likeness (QED) is 0.874. The van der Waals surface area contributed by atoms with E-state index in [1.165, 1.54) is 0 Å². The topological polar surface area (TPSA) is 89.3 Å². The van der Waals surface area contributed by atoms with E-state index in [1.54, 1.807) is 6.92 Å². The third-order valence-electron chi connectivity index (χ3n) is 3.24. The molecule has 0 spiro atoms. The number of carbonyl (C=O) groups excluding carboxylic acids is 1. The zero-order valence-electron chi connectivity index (χ0n) is 10.7. The predicted octanol–water partition coefficient (Wildman–Crippen LogP) is 1.14. The average Bonchev–Trinajstić information content (AvgIpc) is 3.13. The zero-order chi connectivity index (χ0) is 15.1. The van der Waals surface area contributed by atoms with Crippen LogP contribution in [0.4, 0.5) is 8.78 Å². The molecule has 5 nitrogen and oxygen atoms in total. The number of hydrogen-bond donors (Lipinski definition) is 2. The van der Waals surface area contributed by atoms with Crippen LogP contribution < -0.4 is 10.5 Å². The first-order valence-electron chi connectivity index (χ1n) is 6.03. The molecule has 1 amide bonds. The van der Waals surface area contributed by atoms with Crippen LogP contribution in [0.3, 0.4) is 0 Å². The van der Waals surface area contributed by atoms with Crippen LogP contribution in [0.1, 0.15) is 30.1 Å². The highest BCUT2D eigenvalue weighted by Crippen LogP contribution is 2.32. The Labute approximate surface area is 115 Å². The molecule has 0 aromatic heterocycles. The minimum atomic E-state index is -4.44. The molecule has 0 saturated heterocycles. The molecule has 0 aliphatic heterocycles. The van der Waals surface area contributed by atoms with Gasteiger partial charge in [0.1, 0.15) is 10.7 Å². The average molecular weight is 304 g/mol. The summed E-state index contributed by atoms with van der Waals surface area (Å²) in [5.41, 5.74) is -0.665. The summed E-state index contributed by atoms with van der Waals surface area (Å²) >= 11 is 0. The van der Waals surface area contributed by atoms with Gasteiger partial charge in [0.25, 0.3) is 5.91 Å². The van der Waals surface area contributed by atoms with E-state index in [1.807, 2.05) is 0 Å². The first kappa shape index (κ1) is 14.9. The Balaban J connectivity index is 2.35. The molecular formula is C12H14F2N2O3S. The van der Waals surface area contributed by atoms with Gasteiger partial charge in [-0.3, -0.25) is 4.79 Å². The number of hydrogen-bond acceptors (Lipinski definition) is 3. The van der Waals surface area contributed by atoms with E-state index in [2.05, 4.69) is 5.32 Å². The molecule has 1 fully saturated rings. The Morgan fingerprint density at radius 2 is 2.00 bits per heavy atom. The summed E-state index contributed by atoms with van der Waals surface area (Å²) in [6, 6.07) is 0.924. The first-order valence-corrected chi connectivity index (χ1v) is 7.57. The minimum absolute atomic E-state index is 0.178.